The average molecular weight is 676 g/mol. The minimum absolute atomic E-state index is 0.0427. The number of carbonyl (C=O) groups excluding carboxylic acids is 2. The number of nitrogens with two attached hydrogens (primary N) is 1. The lowest BCUT2D eigenvalue weighted by Crippen LogP contribution is -2.51. The zero-order valence-electron chi connectivity index (χ0n) is 24.1. The minimum Gasteiger partial charge on any atom is -0.491 e. The third kappa shape index (κ3) is 5.76. The molecular formula is C31H26ClF4N5O4S. The predicted molar refractivity (Wildman–Crippen MR) is 164 cm³/mol. The fourth-order valence-electron chi connectivity index (χ4n) is 5.22. The molecule has 0 saturated heterocycles. The molecule has 1 aliphatic rings. The van der Waals surface area contributed by atoms with Crippen LogP contribution in [0.5, 0.6) is 5.75 Å². The fourth-order valence-corrected chi connectivity index (χ4v) is 6.45. The Morgan fingerprint density at radius 1 is 1.24 bits per heavy atom. The lowest BCUT2D eigenvalue weighted by molar-refractivity contribution is -0.265. The molecule has 2 aromatic carbocycles. The maximum absolute atomic E-state index is 14.8. The van der Waals surface area contributed by atoms with E-state index in [-0.39, 0.29) is 50.5 Å². The average Bonchev–Trinajstić information content (AvgIpc) is 3.60. The number of pyridine rings is 1. The maximum atomic E-state index is 14.8. The number of carbonyl (C=O) groups is 2. The van der Waals surface area contributed by atoms with Crippen molar-refractivity contribution >= 4 is 55.7 Å². The third-order valence-electron chi connectivity index (χ3n) is 7.67. The molecule has 4 N–H and O–H groups in total. The Balaban J connectivity index is 1.42. The second-order valence-corrected chi connectivity index (χ2v) is 12.3. The second-order valence-electron chi connectivity index (χ2n) is 11.0. The molecular weight excluding hydrogens is 650 g/mol. The third-order valence-corrected chi connectivity index (χ3v) is 8.96. The number of benzene rings is 2. The minimum atomic E-state index is -5.36. The SMILES string of the molecule is CCOc1c(CC(N)=O)cc([C@@](O)(CNC(=O)c2cc(Cl)c3nn(C4CC4)cc3c2)C(F)(F)F)nc1-c1csc2c(F)cccc12. The highest BCUT2D eigenvalue weighted by Gasteiger charge is 2.57. The van der Waals surface area contributed by atoms with Crippen LogP contribution in [0.15, 0.2) is 48.0 Å². The van der Waals surface area contributed by atoms with Crippen LogP contribution in [-0.4, -0.2) is 51.0 Å². The Hall–Kier alpha value is -4.27. The zero-order valence-corrected chi connectivity index (χ0v) is 25.7. The number of amides is 2. The van der Waals surface area contributed by atoms with E-state index in [4.69, 9.17) is 22.1 Å². The van der Waals surface area contributed by atoms with Gasteiger partial charge in [0.25, 0.3) is 5.91 Å². The van der Waals surface area contributed by atoms with Crippen molar-refractivity contribution in [3.8, 4) is 17.0 Å². The fraction of sp³-hybridized carbons (Fsp3) is 0.290. The lowest BCUT2D eigenvalue weighted by atomic mass is 9.93. The molecule has 0 unspecified atom stereocenters. The highest BCUT2D eigenvalue weighted by atomic mass is 35.5. The summed E-state index contributed by atoms with van der Waals surface area (Å²) in [6.45, 7) is 0.323. The molecule has 0 aliphatic heterocycles. The Morgan fingerprint density at radius 2 is 2.00 bits per heavy atom. The number of fused-ring (bicyclic) bond motifs is 2. The molecule has 1 fully saturated rings. The van der Waals surface area contributed by atoms with Crippen LogP contribution in [0.1, 0.15) is 47.4 Å². The van der Waals surface area contributed by atoms with Crippen molar-refractivity contribution in [3.63, 3.8) is 0 Å². The highest BCUT2D eigenvalue weighted by molar-refractivity contribution is 7.17. The van der Waals surface area contributed by atoms with Gasteiger partial charge in [0.1, 0.15) is 22.8 Å². The van der Waals surface area contributed by atoms with Crippen molar-refractivity contribution in [1.82, 2.24) is 20.1 Å². The van der Waals surface area contributed by atoms with Crippen LogP contribution >= 0.6 is 22.9 Å². The van der Waals surface area contributed by atoms with Gasteiger partial charge in [0.15, 0.2) is 0 Å². The van der Waals surface area contributed by atoms with Gasteiger partial charge in [-0.05, 0) is 44.0 Å². The Morgan fingerprint density at radius 3 is 2.67 bits per heavy atom. The summed E-state index contributed by atoms with van der Waals surface area (Å²) in [7, 11) is 0. The van der Waals surface area contributed by atoms with Gasteiger partial charge in [-0.15, -0.1) is 11.3 Å². The molecule has 6 rings (SSSR count). The number of ether oxygens (including phenoxy) is 1. The number of alkyl halides is 3. The van der Waals surface area contributed by atoms with Crippen LogP contribution in [0.25, 0.3) is 32.2 Å². The summed E-state index contributed by atoms with van der Waals surface area (Å²) >= 11 is 7.35. The molecule has 0 spiro atoms. The van der Waals surface area contributed by atoms with Crippen molar-refractivity contribution in [2.24, 2.45) is 5.73 Å². The van der Waals surface area contributed by atoms with Crippen molar-refractivity contribution < 1.29 is 37.0 Å². The van der Waals surface area contributed by atoms with Crippen molar-refractivity contribution in [3.05, 3.63) is 75.6 Å². The molecule has 0 bridgehead atoms. The standard InChI is InChI=1S/C31H26ClF4N5O4S/c1-2-45-27-15(11-24(37)42)10-23(39-26(27)20-13-46-28-19(20)4-3-5-22(28)33)30(44,31(34,35)36)14-38-29(43)16-8-17-12-41(18-6-7-18)40-25(17)21(32)9-16/h3-5,8-10,12-13,18,44H,2,6-7,11,14H2,1H3,(H2,37,42)(H,38,43)/t30-/m0/s1. The number of hydrogen-bond acceptors (Lipinski definition) is 7. The van der Waals surface area contributed by atoms with Crippen LogP contribution in [-0.2, 0) is 16.8 Å². The van der Waals surface area contributed by atoms with Gasteiger partial charge in [-0.25, -0.2) is 9.37 Å². The molecule has 9 nitrogen and oxygen atoms in total. The second kappa shape index (κ2) is 11.8. The first kappa shape index (κ1) is 31.7. The van der Waals surface area contributed by atoms with E-state index >= 15 is 0 Å². The van der Waals surface area contributed by atoms with E-state index in [1.807, 2.05) is 0 Å². The van der Waals surface area contributed by atoms with Crippen molar-refractivity contribution in [2.75, 3.05) is 13.2 Å². The maximum Gasteiger partial charge on any atom is 0.424 e. The number of halogens is 5. The molecule has 5 aromatic rings. The van der Waals surface area contributed by atoms with E-state index in [0.717, 1.165) is 30.2 Å². The molecule has 3 heterocycles. The normalized spacial score (nSPS) is 14.8. The Labute approximate surface area is 267 Å². The molecule has 0 radical (unpaired) electrons. The monoisotopic (exact) mass is 675 g/mol. The van der Waals surface area contributed by atoms with Crippen LogP contribution in [0, 0.1) is 5.82 Å². The van der Waals surface area contributed by atoms with Gasteiger partial charge in [0.2, 0.25) is 11.5 Å². The van der Waals surface area contributed by atoms with Crippen molar-refractivity contribution in [2.45, 2.75) is 44.0 Å². The van der Waals surface area contributed by atoms with E-state index in [9.17, 15) is 32.3 Å². The summed E-state index contributed by atoms with van der Waals surface area (Å²) < 4.78 is 66.6. The van der Waals surface area contributed by atoms with Crippen LogP contribution < -0.4 is 15.8 Å². The van der Waals surface area contributed by atoms with Gasteiger partial charge in [-0.1, -0.05) is 23.7 Å². The van der Waals surface area contributed by atoms with E-state index < -0.39 is 48.1 Å². The number of aliphatic hydroxyl groups is 1. The summed E-state index contributed by atoms with van der Waals surface area (Å²) in [6, 6.07) is 8.09. The smallest absolute Gasteiger partial charge is 0.424 e. The number of hydrogen-bond donors (Lipinski definition) is 3. The summed E-state index contributed by atoms with van der Waals surface area (Å²) in [6.07, 6.45) is -2.29. The zero-order chi connectivity index (χ0) is 33.0. The molecule has 46 heavy (non-hydrogen) atoms. The molecule has 1 atom stereocenters. The van der Waals surface area contributed by atoms with Gasteiger partial charge in [0, 0.05) is 39.0 Å². The number of nitrogens with zero attached hydrogens (tertiary/aromatic N) is 3. The first-order valence-electron chi connectivity index (χ1n) is 14.2. The number of thiophene rings is 1. The molecule has 2 amide bonds. The van der Waals surface area contributed by atoms with Crippen LogP contribution in [0.2, 0.25) is 5.02 Å². The number of primary amides is 1. The topological polar surface area (TPSA) is 132 Å². The van der Waals surface area contributed by atoms with Crippen LogP contribution in [0.3, 0.4) is 0 Å². The van der Waals surface area contributed by atoms with Gasteiger partial charge in [-0.2, -0.15) is 18.3 Å². The predicted octanol–water partition coefficient (Wildman–Crippen LogP) is 6.05. The largest absolute Gasteiger partial charge is 0.491 e. The first-order valence-corrected chi connectivity index (χ1v) is 15.4. The van der Waals surface area contributed by atoms with Gasteiger partial charge in [0.05, 0.1) is 41.0 Å². The molecule has 15 heteroatoms. The van der Waals surface area contributed by atoms with E-state index in [1.54, 1.807) is 23.9 Å². The van der Waals surface area contributed by atoms with E-state index in [1.165, 1.54) is 29.6 Å². The van der Waals surface area contributed by atoms with Gasteiger partial charge in [-0.3, -0.25) is 14.3 Å². The summed E-state index contributed by atoms with van der Waals surface area (Å²) in [5, 5.41) is 20.4. The number of nitrogens with one attached hydrogen (secondary N) is 1. The summed E-state index contributed by atoms with van der Waals surface area (Å²) in [5.74, 6) is -2.41. The summed E-state index contributed by atoms with van der Waals surface area (Å²) in [5.41, 5.74) is 1.15. The van der Waals surface area contributed by atoms with Gasteiger partial charge < -0.3 is 20.9 Å². The van der Waals surface area contributed by atoms with Crippen LogP contribution in [0.4, 0.5) is 17.6 Å². The Bertz CT molecular complexity index is 2010. The van der Waals surface area contributed by atoms with Crippen molar-refractivity contribution in [1.29, 1.82) is 0 Å². The van der Waals surface area contributed by atoms with E-state index in [2.05, 4.69) is 15.4 Å². The lowest BCUT2D eigenvalue weighted by Gasteiger charge is -2.31. The quantitative estimate of drug-likeness (QED) is 0.155. The van der Waals surface area contributed by atoms with Gasteiger partial charge >= 0.3 is 6.18 Å². The summed E-state index contributed by atoms with van der Waals surface area (Å²) in [4.78, 5) is 29.4. The number of aromatic nitrogens is 3. The Kier molecular flexibility index (Phi) is 8.15. The highest BCUT2D eigenvalue weighted by Crippen LogP contribution is 2.45. The molecule has 240 valence electrons. The molecule has 3 aromatic heterocycles. The van der Waals surface area contributed by atoms with E-state index in [0.29, 0.717) is 16.3 Å². The molecule has 1 saturated carbocycles. The number of rotatable bonds is 10. The molecule has 1 aliphatic carbocycles. The first-order chi connectivity index (χ1) is 21.8.